The average molecular weight is 416 g/mol. The highest BCUT2D eigenvalue weighted by Crippen LogP contribution is 2.18. The van der Waals surface area contributed by atoms with Gasteiger partial charge in [0.15, 0.2) is 5.65 Å². The molecule has 2 aromatic heterocycles. The van der Waals surface area contributed by atoms with Gasteiger partial charge < -0.3 is 5.32 Å². The van der Waals surface area contributed by atoms with Crippen LogP contribution in [0.15, 0.2) is 71.7 Å². The molecule has 4 aromatic rings. The molecule has 1 N–H and O–H groups in total. The van der Waals surface area contributed by atoms with E-state index in [9.17, 15) is 14.0 Å². The van der Waals surface area contributed by atoms with Crippen molar-refractivity contribution in [3.63, 3.8) is 0 Å². The van der Waals surface area contributed by atoms with E-state index in [1.807, 2.05) is 13.0 Å². The minimum absolute atomic E-state index is 0.207. The predicted octanol–water partition coefficient (Wildman–Crippen LogP) is 3.94. The smallest absolute Gasteiger partial charge is 0.278 e. The molecule has 0 atom stereocenters. The third-order valence-corrected chi connectivity index (χ3v) is 4.94. The highest BCUT2D eigenvalue weighted by molar-refractivity contribution is 5.94. The van der Waals surface area contributed by atoms with Gasteiger partial charge in [0.1, 0.15) is 17.0 Å². The Morgan fingerprint density at radius 2 is 1.81 bits per heavy atom. The number of carbonyl (C=O) groups excluding carboxylic acids is 1. The second-order valence-electron chi connectivity index (χ2n) is 7.15. The van der Waals surface area contributed by atoms with Gasteiger partial charge in [0.05, 0.1) is 0 Å². The molecule has 0 aliphatic rings. The van der Waals surface area contributed by atoms with Crippen LogP contribution in [0.1, 0.15) is 29.3 Å². The molecule has 7 heteroatoms. The molecule has 0 aliphatic heterocycles. The standard InChI is InChI=1S/C24H21FN4O2/c1-2-14-29-22-20(4-3-13-26-22)28-21(24(29)31)17-7-9-18(10-8-17)23(30)27-15-16-5-11-19(25)12-6-16/h3-13H,2,14-15H2,1H3,(H,27,30). The largest absolute Gasteiger partial charge is 0.348 e. The Labute approximate surface area is 178 Å². The minimum Gasteiger partial charge on any atom is -0.348 e. The third kappa shape index (κ3) is 4.35. The van der Waals surface area contributed by atoms with Crippen molar-refractivity contribution in [3.8, 4) is 11.3 Å². The van der Waals surface area contributed by atoms with Crippen molar-refractivity contribution in [2.45, 2.75) is 26.4 Å². The summed E-state index contributed by atoms with van der Waals surface area (Å²) in [7, 11) is 0. The van der Waals surface area contributed by atoms with E-state index in [1.54, 1.807) is 53.2 Å². The van der Waals surface area contributed by atoms with Crippen molar-refractivity contribution in [2.75, 3.05) is 0 Å². The zero-order chi connectivity index (χ0) is 21.8. The molecule has 4 rings (SSSR count). The summed E-state index contributed by atoms with van der Waals surface area (Å²) >= 11 is 0. The maximum absolute atomic E-state index is 13.0. The second kappa shape index (κ2) is 8.87. The quantitative estimate of drug-likeness (QED) is 0.517. The van der Waals surface area contributed by atoms with Gasteiger partial charge in [-0.3, -0.25) is 14.2 Å². The molecule has 31 heavy (non-hydrogen) atoms. The van der Waals surface area contributed by atoms with Crippen molar-refractivity contribution in [1.82, 2.24) is 19.9 Å². The molecule has 2 aromatic carbocycles. The van der Waals surface area contributed by atoms with Crippen LogP contribution in [-0.2, 0) is 13.1 Å². The zero-order valence-electron chi connectivity index (χ0n) is 17.0. The van der Waals surface area contributed by atoms with Crippen LogP contribution in [0.3, 0.4) is 0 Å². The van der Waals surface area contributed by atoms with Gasteiger partial charge in [0.25, 0.3) is 11.5 Å². The number of pyridine rings is 1. The summed E-state index contributed by atoms with van der Waals surface area (Å²) in [4.78, 5) is 34.3. The molecule has 0 saturated carbocycles. The van der Waals surface area contributed by atoms with Gasteiger partial charge in [-0.05, 0) is 48.4 Å². The summed E-state index contributed by atoms with van der Waals surface area (Å²) in [6.07, 6.45) is 2.44. The van der Waals surface area contributed by atoms with Crippen LogP contribution in [0.25, 0.3) is 22.4 Å². The van der Waals surface area contributed by atoms with E-state index in [-0.39, 0.29) is 17.3 Å². The summed E-state index contributed by atoms with van der Waals surface area (Å²) in [6.45, 7) is 2.84. The Hall–Kier alpha value is -3.87. The van der Waals surface area contributed by atoms with E-state index < -0.39 is 0 Å². The summed E-state index contributed by atoms with van der Waals surface area (Å²) in [5.74, 6) is -0.573. The minimum atomic E-state index is -0.318. The van der Waals surface area contributed by atoms with Crippen LogP contribution in [0.2, 0.25) is 0 Å². The Morgan fingerprint density at radius 3 is 2.52 bits per heavy atom. The number of hydrogen-bond donors (Lipinski definition) is 1. The van der Waals surface area contributed by atoms with Crippen molar-refractivity contribution in [1.29, 1.82) is 0 Å². The van der Waals surface area contributed by atoms with Crippen LogP contribution in [0, 0.1) is 5.82 Å². The molecule has 0 spiro atoms. The molecular formula is C24H21FN4O2. The van der Waals surface area contributed by atoms with Gasteiger partial charge in [0.2, 0.25) is 0 Å². The number of halogens is 1. The van der Waals surface area contributed by atoms with Gasteiger partial charge in [-0.1, -0.05) is 31.2 Å². The lowest BCUT2D eigenvalue weighted by atomic mass is 10.1. The van der Waals surface area contributed by atoms with E-state index in [2.05, 4.69) is 15.3 Å². The fourth-order valence-electron chi connectivity index (χ4n) is 3.36. The summed E-state index contributed by atoms with van der Waals surface area (Å²) in [5, 5.41) is 2.80. The number of rotatable bonds is 6. The maximum Gasteiger partial charge on any atom is 0.278 e. The molecule has 0 unspecified atom stereocenters. The number of carbonyl (C=O) groups is 1. The molecular weight excluding hydrogens is 395 g/mol. The monoisotopic (exact) mass is 416 g/mol. The number of nitrogens with zero attached hydrogens (tertiary/aromatic N) is 3. The van der Waals surface area contributed by atoms with Crippen molar-refractivity contribution in [2.24, 2.45) is 0 Å². The number of aromatic nitrogens is 3. The Morgan fingerprint density at radius 1 is 1.06 bits per heavy atom. The van der Waals surface area contributed by atoms with Gasteiger partial charge in [-0.2, -0.15) is 0 Å². The Bertz CT molecular complexity index is 1280. The Kier molecular flexibility index (Phi) is 5.84. The molecule has 0 radical (unpaired) electrons. The SMILES string of the molecule is CCCn1c(=O)c(-c2ccc(C(=O)NCc3ccc(F)cc3)cc2)nc2cccnc21. The highest BCUT2D eigenvalue weighted by atomic mass is 19.1. The first-order chi connectivity index (χ1) is 15.1. The van der Waals surface area contributed by atoms with E-state index in [0.717, 1.165) is 12.0 Å². The van der Waals surface area contributed by atoms with Crippen molar-refractivity contribution < 1.29 is 9.18 Å². The summed E-state index contributed by atoms with van der Waals surface area (Å²) < 4.78 is 14.6. The highest BCUT2D eigenvalue weighted by Gasteiger charge is 2.14. The fraction of sp³-hybridized carbons (Fsp3) is 0.167. The number of nitrogens with one attached hydrogen (secondary N) is 1. The summed E-state index contributed by atoms with van der Waals surface area (Å²) in [6, 6.07) is 16.3. The molecule has 6 nitrogen and oxygen atoms in total. The first-order valence-electron chi connectivity index (χ1n) is 10.1. The fourth-order valence-corrected chi connectivity index (χ4v) is 3.36. The number of hydrogen-bond acceptors (Lipinski definition) is 4. The zero-order valence-corrected chi connectivity index (χ0v) is 17.0. The molecule has 156 valence electrons. The van der Waals surface area contributed by atoms with Crippen molar-refractivity contribution >= 4 is 17.1 Å². The second-order valence-corrected chi connectivity index (χ2v) is 7.15. The first kappa shape index (κ1) is 20.4. The van der Waals surface area contributed by atoms with E-state index in [4.69, 9.17) is 0 Å². The lowest BCUT2D eigenvalue weighted by Crippen LogP contribution is -2.24. The van der Waals surface area contributed by atoms with E-state index in [1.165, 1.54) is 12.1 Å². The molecule has 0 aliphatic carbocycles. The topological polar surface area (TPSA) is 76.9 Å². The van der Waals surface area contributed by atoms with Crippen LogP contribution in [0.5, 0.6) is 0 Å². The molecule has 0 saturated heterocycles. The van der Waals surface area contributed by atoms with Gasteiger partial charge in [-0.25, -0.2) is 14.4 Å². The van der Waals surface area contributed by atoms with Crippen LogP contribution < -0.4 is 10.9 Å². The van der Waals surface area contributed by atoms with Crippen molar-refractivity contribution in [3.05, 3.63) is 94.2 Å². The third-order valence-electron chi connectivity index (χ3n) is 4.94. The van der Waals surface area contributed by atoms with Gasteiger partial charge in [-0.15, -0.1) is 0 Å². The predicted molar refractivity (Wildman–Crippen MR) is 117 cm³/mol. The Balaban J connectivity index is 1.58. The summed E-state index contributed by atoms with van der Waals surface area (Å²) in [5.41, 5.74) is 3.23. The average Bonchev–Trinajstić information content (AvgIpc) is 2.80. The lowest BCUT2D eigenvalue weighted by Gasteiger charge is -2.11. The van der Waals surface area contributed by atoms with Crippen LogP contribution in [-0.4, -0.2) is 20.4 Å². The van der Waals surface area contributed by atoms with Crippen LogP contribution in [0.4, 0.5) is 4.39 Å². The molecule has 2 heterocycles. The van der Waals surface area contributed by atoms with E-state index >= 15 is 0 Å². The van der Waals surface area contributed by atoms with Crippen LogP contribution >= 0.6 is 0 Å². The normalized spacial score (nSPS) is 10.9. The van der Waals surface area contributed by atoms with E-state index in [0.29, 0.717) is 41.1 Å². The van der Waals surface area contributed by atoms with Gasteiger partial charge >= 0.3 is 0 Å². The van der Waals surface area contributed by atoms with Gasteiger partial charge in [0, 0.05) is 30.4 Å². The molecule has 1 amide bonds. The maximum atomic E-state index is 13.0. The number of fused-ring (bicyclic) bond motifs is 1. The number of benzene rings is 2. The molecule has 0 fully saturated rings. The molecule has 0 bridgehead atoms. The number of amides is 1. The lowest BCUT2D eigenvalue weighted by molar-refractivity contribution is 0.0951. The first-order valence-corrected chi connectivity index (χ1v) is 10.1. The number of aryl methyl sites for hydroxylation is 1.